The zero-order valence-electron chi connectivity index (χ0n) is 15.8. The molecule has 2 aliphatic rings. The van der Waals surface area contributed by atoms with E-state index in [9.17, 15) is 4.79 Å². The number of hydrogen-bond acceptors (Lipinski definition) is 1. The minimum atomic E-state index is -0.00257. The topological polar surface area (TPSA) is 44.9 Å². The summed E-state index contributed by atoms with van der Waals surface area (Å²) in [7, 11) is 0. The van der Waals surface area contributed by atoms with E-state index in [0.29, 0.717) is 11.6 Å². The number of rotatable bonds is 5. The molecule has 1 saturated carbocycles. The SMILES string of the molecule is O=C(NCC1CCC(C2=CCCC=C2)CC1)c1cc(-c2ccccc2)c[nH]1. The number of benzene rings is 1. The number of allylic oxidation sites excluding steroid dienone is 4. The largest absolute Gasteiger partial charge is 0.357 e. The highest BCUT2D eigenvalue weighted by Crippen LogP contribution is 2.34. The lowest BCUT2D eigenvalue weighted by Crippen LogP contribution is -2.31. The van der Waals surface area contributed by atoms with Gasteiger partial charge in [0.05, 0.1) is 0 Å². The van der Waals surface area contributed by atoms with E-state index < -0.39 is 0 Å². The van der Waals surface area contributed by atoms with Crippen LogP contribution in [0.2, 0.25) is 0 Å². The summed E-state index contributed by atoms with van der Waals surface area (Å²) in [6.45, 7) is 0.778. The molecule has 2 aliphatic carbocycles. The number of amides is 1. The molecule has 0 radical (unpaired) electrons. The maximum Gasteiger partial charge on any atom is 0.267 e. The maximum atomic E-state index is 12.5. The molecule has 2 aromatic rings. The van der Waals surface area contributed by atoms with E-state index in [1.54, 1.807) is 5.57 Å². The minimum Gasteiger partial charge on any atom is -0.357 e. The first-order valence-corrected chi connectivity index (χ1v) is 10.2. The van der Waals surface area contributed by atoms with Gasteiger partial charge < -0.3 is 10.3 Å². The zero-order chi connectivity index (χ0) is 18.5. The van der Waals surface area contributed by atoms with E-state index >= 15 is 0 Å². The molecule has 1 heterocycles. The molecule has 1 fully saturated rings. The van der Waals surface area contributed by atoms with Crippen LogP contribution in [0.3, 0.4) is 0 Å². The highest BCUT2D eigenvalue weighted by molar-refractivity contribution is 5.93. The highest BCUT2D eigenvalue weighted by Gasteiger charge is 2.23. The van der Waals surface area contributed by atoms with Crippen molar-refractivity contribution in [3.05, 3.63) is 72.1 Å². The van der Waals surface area contributed by atoms with Gasteiger partial charge in [-0.2, -0.15) is 0 Å². The third kappa shape index (κ3) is 4.41. The van der Waals surface area contributed by atoms with Gasteiger partial charge in [-0.3, -0.25) is 4.79 Å². The van der Waals surface area contributed by atoms with Crippen LogP contribution in [0.25, 0.3) is 11.1 Å². The van der Waals surface area contributed by atoms with Crippen molar-refractivity contribution < 1.29 is 4.79 Å². The summed E-state index contributed by atoms with van der Waals surface area (Å²) in [6.07, 6.45) is 16.2. The summed E-state index contributed by atoms with van der Waals surface area (Å²) in [5.41, 5.74) is 4.36. The number of aromatic nitrogens is 1. The van der Waals surface area contributed by atoms with Crippen molar-refractivity contribution in [3.63, 3.8) is 0 Å². The first-order valence-electron chi connectivity index (χ1n) is 10.2. The number of hydrogen-bond donors (Lipinski definition) is 2. The number of nitrogens with one attached hydrogen (secondary N) is 2. The summed E-state index contributed by atoms with van der Waals surface area (Å²) < 4.78 is 0. The molecule has 2 N–H and O–H groups in total. The van der Waals surface area contributed by atoms with Crippen molar-refractivity contribution in [1.29, 1.82) is 0 Å². The molecule has 0 spiro atoms. The molecule has 3 heteroatoms. The number of aromatic amines is 1. The highest BCUT2D eigenvalue weighted by atomic mass is 16.1. The normalized spacial score (nSPS) is 22.3. The summed E-state index contributed by atoms with van der Waals surface area (Å²) in [4.78, 5) is 15.6. The van der Waals surface area contributed by atoms with Crippen LogP contribution >= 0.6 is 0 Å². The number of carbonyl (C=O) groups is 1. The Hall–Kier alpha value is -2.55. The van der Waals surface area contributed by atoms with Crippen molar-refractivity contribution in [3.8, 4) is 11.1 Å². The van der Waals surface area contributed by atoms with Gasteiger partial charge in [0.1, 0.15) is 5.69 Å². The summed E-state index contributed by atoms with van der Waals surface area (Å²) in [5.74, 6) is 1.32. The molecule has 0 unspecified atom stereocenters. The second-order valence-corrected chi connectivity index (χ2v) is 7.78. The van der Waals surface area contributed by atoms with E-state index in [1.807, 2.05) is 30.5 Å². The standard InChI is InChI=1S/C24H28N2O/c27-24(23-15-22(17-25-23)20-9-5-2-6-10-20)26-16-18-11-13-21(14-12-18)19-7-3-1-4-8-19/h2-3,5-10,15,17-18,21,25H,1,4,11-14,16H2,(H,26,27). The van der Waals surface area contributed by atoms with E-state index in [4.69, 9.17) is 0 Å². The minimum absolute atomic E-state index is 0.00257. The number of carbonyl (C=O) groups excluding carboxylic acids is 1. The van der Waals surface area contributed by atoms with Crippen molar-refractivity contribution in [1.82, 2.24) is 10.3 Å². The third-order valence-corrected chi connectivity index (χ3v) is 5.93. The Morgan fingerprint density at radius 1 is 1.04 bits per heavy atom. The van der Waals surface area contributed by atoms with E-state index in [0.717, 1.165) is 23.6 Å². The van der Waals surface area contributed by atoms with Crippen molar-refractivity contribution in [2.45, 2.75) is 38.5 Å². The molecule has 27 heavy (non-hydrogen) atoms. The van der Waals surface area contributed by atoms with Crippen molar-refractivity contribution in [2.75, 3.05) is 6.54 Å². The van der Waals surface area contributed by atoms with Crippen LogP contribution in [0.15, 0.2) is 66.4 Å². The van der Waals surface area contributed by atoms with Crippen LogP contribution < -0.4 is 5.32 Å². The summed E-state index contributed by atoms with van der Waals surface area (Å²) in [5, 5.41) is 3.13. The van der Waals surface area contributed by atoms with Crippen LogP contribution in [-0.4, -0.2) is 17.4 Å². The monoisotopic (exact) mass is 360 g/mol. The van der Waals surface area contributed by atoms with Crippen LogP contribution in [0.1, 0.15) is 49.0 Å². The Labute approximate surface area is 161 Å². The van der Waals surface area contributed by atoms with Gasteiger partial charge in [-0.25, -0.2) is 0 Å². The number of H-pyrrole nitrogens is 1. The molecular formula is C24H28N2O. The average molecular weight is 361 g/mol. The molecular weight excluding hydrogens is 332 g/mol. The Balaban J connectivity index is 1.26. The van der Waals surface area contributed by atoms with Gasteiger partial charge in [0.25, 0.3) is 5.91 Å². The Bertz CT molecular complexity index is 823. The molecule has 0 bridgehead atoms. The van der Waals surface area contributed by atoms with Gasteiger partial charge >= 0.3 is 0 Å². The van der Waals surface area contributed by atoms with Crippen LogP contribution in [0.4, 0.5) is 0 Å². The van der Waals surface area contributed by atoms with Gasteiger partial charge in [0, 0.05) is 12.7 Å². The maximum absolute atomic E-state index is 12.5. The van der Waals surface area contributed by atoms with Crippen LogP contribution in [0.5, 0.6) is 0 Å². The van der Waals surface area contributed by atoms with Crippen molar-refractivity contribution >= 4 is 5.91 Å². The lowest BCUT2D eigenvalue weighted by atomic mass is 9.77. The Kier molecular flexibility index (Phi) is 5.57. The van der Waals surface area contributed by atoms with Gasteiger partial charge in [0.2, 0.25) is 0 Å². The van der Waals surface area contributed by atoms with Gasteiger partial charge in [0.15, 0.2) is 0 Å². The van der Waals surface area contributed by atoms with E-state index in [2.05, 4.69) is 40.7 Å². The average Bonchev–Trinajstić information content (AvgIpc) is 3.24. The van der Waals surface area contributed by atoms with E-state index in [1.165, 1.54) is 38.5 Å². The smallest absolute Gasteiger partial charge is 0.267 e. The predicted molar refractivity (Wildman–Crippen MR) is 110 cm³/mol. The molecule has 4 rings (SSSR count). The Morgan fingerprint density at radius 2 is 1.85 bits per heavy atom. The van der Waals surface area contributed by atoms with Crippen LogP contribution in [0, 0.1) is 11.8 Å². The summed E-state index contributed by atoms with van der Waals surface area (Å²) in [6, 6.07) is 12.1. The van der Waals surface area contributed by atoms with Crippen molar-refractivity contribution in [2.24, 2.45) is 11.8 Å². The fraction of sp³-hybridized carbons (Fsp3) is 0.375. The van der Waals surface area contributed by atoms with Crippen LogP contribution in [-0.2, 0) is 0 Å². The van der Waals surface area contributed by atoms with E-state index in [-0.39, 0.29) is 5.91 Å². The van der Waals surface area contributed by atoms with Gasteiger partial charge in [-0.15, -0.1) is 0 Å². The molecule has 3 nitrogen and oxygen atoms in total. The quantitative estimate of drug-likeness (QED) is 0.727. The molecule has 0 saturated heterocycles. The fourth-order valence-electron chi connectivity index (χ4n) is 4.29. The predicted octanol–water partition coefficient (Wildman–Crippen LogP) is 5.49. The molecule has 0 atom stereocenters. The summed E-state index contributed by atoms with van der Waals surface area (Å²) >= 11 is 0. The molecule has 1 aromatic heterocycles. The first-order chi connectivity index (χ1) is 13.3. The lowest BCUT2D eigenvalue weighted by molar-refractivity contribution is 0.0938. The molecule has 0 aliphatic heterocycles. The second kappa shape index (κ2) is 8.43. The second-order valence-electron chi connectivity index (χ2n) is 7.78. The molecule has 1 amide bonds. The molecule has 1 aromatic carbocycles. The van der Waals surface area contributed by atoms with Gasteiger partial charge in [-0.1, -0.05) is 48.6 Å². The third-order valence-electron chi connectivity index (χ3n) is 5.93. The fourth-order valence-corrected chi connectivity index (χ4v) is 4.29. The Morgan fingerprint density at radius 3 is 2.59 bits per heavy atom. The van der Waals surface area contributed by atoms with Gasteiger partial charge in [-0.05, 0) is 73.1 Å². The lowest BCUT2D eigenvalue weighted by Gasteiger charge is -2.30. The zero-order valence-corrected chi connectivity index (χ0v) is 15.8. The molecule has 140 valence electrons. The first kappa shape index (κ1) is 17.8.